The Balaban J connectivity index is 1.80. The molecule has 8 heteroatoms. The van der Waals surface area contributed by atoms with Crippen molar-refractivity contribution in [2.75, 3.05) is 11.9 Å². The van der Waals surface area contributed by atoms with E-state index in [2.05, 4.69) is 5.32 Å². The monoisotopic (exact) mass is 489 g/mol. The van der Waals surface area contributed by atoms with Crippen molar-refractivity contribution in [1.29, 1.82) is 0 Å². The Morgan fingerprint density at radius 3 is 2.54 bits per heavy atom. The van der Waals surface area contributed by atoms with Crippen molar-refractivity contribution in [3.8, 4) is 5.88 Å². The Morgan fingerprint density at radius 2 is 1.77 bits per heavy atom. The van der Waals surface area contributed by atoms with Crippen molar-refractivity contribution >= 4 is 28.9 Å². The van der Waals surface area contributed by atoms with Crippen LogP contribution in [0, 0.1) is 12.8 Å². The number of rotatable bonds is 3. The van der Waals surface area contributed by atoms with E-state index in [0.29, 0.717) is 34.0 Å². The highest BCUT2D eigenvalue weighted by Crippen LogP contribution is 2.28. The van der Waals surface area contributed by atoms with Gasteiger partial charge in [0, 0.05) is 28.3 Å². The van der Waals surface area contributed by atoms with Gasteiger partial charge in [0.1, 0.15) is 0 Å². The van der Waals surface area contributed by atoms with E-state index in [-0.39, 0.29) is 17.2 Å². The number of amides is 1. The number of aromatic hydroxyl groups is 1. The van der Waals surface area contributed by atoms with Gasteiger partial charge in [-0.15, -0.1) is 4.73 Å². The fraction of sp³-hybridized carbons (Fsp3) is 0.148. The average Bonchev–Trinajstić information content (AvgIpc) is 2.81. The first kappa shape index (κ1) is 24.0. The summed E-state index contributed by atoms with van der Waals surface area (Å²) in [6.07, 6.45) is 0.439. The van der Waals surface area contributed by atoms with E-state index in [1.54, 1.807) is 18.2 Å². The van der Waals surface area contributed by atoms with Crippen LogP contribution in [0.2, 0.25) is 5.02 Å². The van der Waals surface area contributed by atoms with Gasteiger partial charge in [0.25, 0.3) is 5.56 Å². The molecule has 178 valence electrons. The number of nitrogens with one attached hydrogen (secondary N) is 1. The van der Waals surface area contributed by atoms with Gasteiger partial charge in [-0.25, -0.2) is 0 Å². The molecule has 1 aliphatic rings. The Bertz CT molecular complexity index is 1430. The van der Waals surface area contributed by atoms with Crippen LogP contribution in [0.15, 0.2) is 88.6 Å². The van der Waals surface area contributed by atoms with Crippen LogP contribution in [0.1, 0.15) is 22.3 Å². The van der Waals surface area contributed by atoms with Crippen LogP contribution >= 0.6 is 11.6 Å². The number of anilines is 1. The van der Waals surface area contributed by atoms with Crippen molar-refractivity contribution in [1.82, 2.24) is 4.73 Å². The van der Waals surface area contributed by atoms with Gasteiger partial charge in [0.15, 0.2) is 0 Å². The molecule has 0 aliphatic carbocycles. The molecule has 0 spiro atoms. The van der Waals surface area contributed by atoms with E-state index in [9.17, 15) is 19.9 Å². The van der Waals surface area contributed by atoms with E-state index in [1.807, 2.05) is 55.5 Å². The molecule has 3 N–H and O–H groups in total. The normalized spacial score (nSPS) is 15.1. The second kappa shape index (κ2) is 10.4. The zero-order chi connectivity index (χ0) is 24.9. The van der Waals surface area contributed by atoms with Crippen molar-refractivity contribution < 1.29 is 15.1 Å². The third-order valence-electron chi connectivity index (χ3n) is 5.61. The highest BCUT2D eigenvalue weighted by atomic mass is 35.5. The Morgan fingerprint density at radius 1 is 1.03 bits per heavy atom. The summed E-state index contributed by atoms with van der Waals surface area (Å²) >= 11 is 6.22. The van der Waals surface area contributed by atoms with Crippen molar-refractivity contribution in [2.45, 2.75) is 13.3 Å². The molecule has 3 aromatic rings. The number of halogens is 1. The Hall–Kier alpha value is -4.10. The van der Waals surface area contributed by atoms with E-state index in [4.69, 9.17) is 16.6 Å². The molecule has 7 nitrogen and oxygen atoms in total. The SMILES string of the molecule is Cc1cccccccc(CC2CN=C(c3cc(O)n(O)c(=O)c3)c3cc(Cl)ccc3NC2=O)c1. The molecule has 4 rings (SSSR count). The Labute approximate surface area is 207 Å². The maximum Gasteiger partial charge on any atom is 0.286 e. The molecule has 1 aliphatic heterocycles. The number of nitrogens with zero attached hydrogens (tertiary/aromatic N) is 2. The first-order valence-corrected chi connectivity index (χ1v) is 11.4. The van der Waals surface area contributed by atoms with E-state index < -0.39 is 17.4 Å². The summed E-state index contributed by atoms with van der Waals surface area (Å²) in [4.78, 5) is 30.0. The topological polar surface area (TPSA) is 104 Å². The molecule has 1 amide bonds. The standard InChI is InChI=1S/C27H24ClN3O4/c1-17-7-5-3-2-4-6-8-18(11-17)12-20-16-29-26(19-13-24(32)31(35)25(33)14-19)22-15-21(28)9-10-23(22)30-27(20)34/h2-11,13-15,20,32,35H,12,16H2,1H3,(H,30,34). The minimum atomic E-state index is -0.810. The van der Waals surface area contributed by atoms with Gasteiger partial charge >= 0.3 is 0 Å². The Kier molecular flexibility index (Phi) is 7.17. The molecule has 0 bridgehead atoms. The van der Waals surface area contributed by atoms with Crippen LogP contribution in [0.3, 0.4) is 0 Å². The summed E-state index contributed by atoms with van der Waals surface area (Å²) in [6.45, 7) is 2.13. The van der Waals surface area contributed by atoms with Crippen LogP contribution in [-0.4, -0.2) is 33.2 Å². The number of benzene rings is 1. The zero-order valence-corrected chi connectivity index (χ0v) is 19.7. The number of aliphatic imine (C=N–C) groups is 1. The summed E-state index contributed by atoms with van der Waals surface area (Å²) in [7, 11) is 0. The number of carbonyl (C=O) groups excluding carboxylic acids is 1. The second-order valence-corrected chi connectivity index (χ2v) is 8.72. The molecule has 1 unspecified atom stereocenters. The maximum absolute atomic E-state index is 13.2. The van der Waals surface area contributed by atoms with Crippen LogP contribution < -0.4 is 10.9 Å². The van der Waals surface area contributed by atoms with Gasteiger partial charge in [0.05, 0.1) is 23.9 Å². The minimum Gasteiger partial charge on any atom is -0.492 e. The summed E-state index contributed by atoms with van der Waals surface area (Å²) in [5.41, 5.74) is 2.86. The first-order valence-electron chi connectivity index (χ1n) is 11.0. The maximum atomic E-state index is 13.2. The lowest BCUT2D eigenvalue weighted by Gasteiger charge is -2.22. The van der Waals surface area contributed by atoms with E-state index in [0.717, 1.165) is 11.1 Å². The fourth-order valence-corrected chi connectivity index (χ4v) is 4.07. The molecule has 1 atom stereocenters. The molecule has 0 radical (unpaired) electrons. The lowest BCUT2D eigenvalue weighted by molar-refractivity contribution is -0.119. The lowest BCUT2D eigenvalue weighted by Crippen LogP contribution is -2.30. The quantitative estimate of drug-likeness (QED) is 0.470. The number of hydrogen-bond acceptors (Lipinski definition) is 5. The number of pyridine rings is 1. The summed E-state index contributed by atoms with van der Waals surface area (Å²) < 4.78 is 0.147. The largest absolute Gasteiger partial charge is 0.492 e. The molecule has 1 aromatic heterocycles. The highest BCUT2D eigenvalue weighted by Gasteiger charge is 2.25. The van der Waals surface area contributed by atoms with Gasteiger partial charge in [-0.2, -0.15) is 0 Å². The van der Waals surface area contributed by atoms with Gasteiger partial charge in [-0.3, -0.25) is 14.6 Å². The van der Waals surface area contributed by atoms with Crippen LogP contribution in [0.25, 0.3) is 0 Å². The molecule has 35 heavy (non-hydrogen) atoms. The number of fused-ring (bicyclic) bond motifs is 1. The van der Waals surface area contributed by atoms with Crippen LogP contribution in [0.5, 0.6) is 5.88 Å². The number of aromatic nitrogens is 1. The average molecular weight is 490 g/mol. The van der Waals surface area contributed by atoms with Gasteiger partial charge < -0.3 is 15.6 Å². The summed E-state index contributed by atoms with van der Waals surface area (Å²) in [5, 5.41) is 23.0. The molecule has 0 saturated carbocycles. The predicted octanol–water partition coefficient (Wildman–Crippen LogP) is 4.53. The van der Waals surface area contributed by atoms with Gasteiger partial charge in [-0.1, -0.05) is 65.7 Å². The molecular formula is C27H24ClN3O4. The van der Waals surface area contributed by atoms with Crippen molar-refractivity contribution in [2.24, 2.45) is 10.9 Å². The molecule has 0 saturated heterocycles. The molecule has 2 aromatic carbocycles. The smallest absolute Gasteiger partial charge is 0.286 e. The van der Waals surface area contributed by atoms with Gasteiger partial charge in [-0.05, 0) is 37.1 Å². The lowest BCUT2D eigenvalue weighted by atomic mass is 9.95. The van der Waals surface area contributed by atoms with Crippen LogP contribution in [0.4, 0.5) is 5.69 Å². The van der Waals surface area contributed by atoms with Crippen molar-refractivity contribution in [3.05, 3.63) is 116 Å². The molecule has 2 heterocycles. The summed E-state index contributed by atoms with van der Waals surface area (Å²) in [6, 6.07) is 23.0. The number of aryl methyl sites for hydroxylation is 1. The number of carbonyl (C=O) groups is 1. The number of hydrogen-bond donors (Lipinski definition) is 3. The third kappa shape index (κ3) is 5.70. The predicted molar refractivity (Wildman–Crippen MR) is 136 cm³/mol. The van der Waals surface area contributed by atoms with Crippen molar-refractivity contribution in [3.63, 3.8) is 0 Å². The summed E-state index contributed by atoms with van der Waals surface area (Å²) in [5.74, 6) is -1.30. The first-order chi connectivity index (χ1) is 16.8. The fourth-order valence-electron chi connectivity index (χ4n) is 3.89. The molecular weight excluding hydrogens is 466 g/mol. The zero-order valence-electron chi connectivity index (χ0n) is 19.0. The molecule has 0 fully saturated rings. The second-order valence-electron chi connectivity index (χ2n) is 8.28. The van der Waals surface area contributed by atoms with Gasteiger partial charge in [0.2, 0.25) is 11.8 Å². The minimum absolute atomic E-state index is 0.139. The van der Waals surface area contributed by atoms with E-state index in [1.165, 1.54) is 12.1 Å². The third-order valence-corrected chi connectivity index (χ3v) is 5.84. The van der Waals surface area contributed by atoms with E-state index >= 15 is 0 Å². The van der Waals surface area contributed by atoms with Crippen LogP contribution in [-0.2, 0) is 11.2 Å². The highest BCUT2D eigenvalue weighted by molar-refractivity contribution is 6.31.